The second-order valence-electron chi connectivity index (χ2n) is 22.0. The number of benzene rings is 2. The summed E-state index contributed by atoms with van der Waals surface area (Å²) in [6, 6.07) is 15.6. The number of fused-ring (bicyclic) bond motifs is 6. The van der Waals surface area contributed by atoms with E-state index in [1.54, 1.807) is 18.2 Å². The lowest BCUT2D eigenvalue weighted by Crippen LogP contribution is -2.62. The molecule has 2 aromatic carbocycles. The molecular formula is C57H72N8O9. The van der Waals surface area contributed by atoms with Crippen molar-refractivity contribution in [3.05, 3.63) is 77.6 Å². The fraction of sp³-hybridized carbons (Fsp3) is 0.544. The highest BCUT2D eigenvalue weighted by atomic mass is 16.5. The SMILES string of the molecule is CCn1c(-c2cccnc2[C@H](C)OC)c2c3cc(ccc31)-c1cccc(c1)C[C@H](NC(=O)C(C(C)C)N1CO[C@]3(CCN(C(=O)C#C[C@]4(N(C)C)CCOC4)C3)C1=O)C(=O)N1CCC[C@H](N1)C(=O)OCC(C)(C)C2. The van der Waals surface area contributed by atoms with Crippen LogP contribution in [-0.2, 0) is 62.3 Å². The molecule has 2 aromatic heterocycles. The zero-order valence-electron chi connectivity index (χ0n) is 44.4. The van der Waals surface area contributed by atoms with Gasteiger partial charge in [-0.15, -0.1) is 0 Å². The van der Waals surface area contributed by atoms with Crippen LogP contribution in [0.25, 0.3) is 33.3 Å². The van der Waals surface area contributed by atoms with Gasteiger partial charge in [-0.05, 0) is 106 Å². The summed E-state index contributed by atoms with van der Waals surface area (Å²) in [5.74, 6) is 3.39. The molecule has 17 nitrogen and oxygen atoms in total. The number of cyclic esters (lactones) is 1. The van der Waals surface area contributed by atoms with E-state index in [4.69, 9.17) is 23.9 Å². The average molecular weight is 1010 g/mol. The normalized spacial score (nSPS) is 25.1. The highest BCUT2D eigenvalue weighted by molar-refractivity contribution is 5.98. The van der Waals surface area contributed by atoms with E-state index in [0.29, 0.717) is 52.0 Å². The Morgan fingerprint density at radius 1 is 1.01 bits per heavy atom. The van der Waals surface area contributed by atoms with Crippen LogP contribution in [0.1, 0.15) is 90.2 Å². The molecule has 0 saturated carbocycles. The molecule has 5 aliphatic rings. The predicted octanol–water partition coefficient (Wildman–Crippen LogP) is 5.28. The monoisotopic (exact) mass is 1010 g/mol. The Bertz CT molecular complexity index is 2880. The maximum atomic E-state index is 14.9. The first-order valence-corrected chi connectivity index (χ1v) is 26.2. The molecule has 1 spiro atoms. The van der Waals surface area contributed by atoms with Gasteiger partial charge in [-0.1, -0.05) is 63.9 Å². The Labute approximate surface area is 434 Å². The van der Waals surface area contributed by atoms with Crippen LogP contribution in [0, 0.1) is 23.2 Å². The Kier molecular flexibility index (Phi) is 15.1. The molecule has 2 N–H and O–H groups in total. The first-order chi connectivity index (χ1) is 35.4. The number of aryl methyl sites for hydroxylation is 1. The van der Waals surface area contributed by atoms with Crippen molar-refractivity contribution < 1.29 is 42.9 Å². The summed E-state index contributed by atoms with van der Waals surface area (Å²) < 4.78 is 26.2. The van der Waals surface area contributed by atoms with E-state index in [2.05, 4.69) is 78.3 Å². The Hall–Kier alpha value is -6.16. The number of hydrogen-bond acceptors (Lipinski definition) is 12. The van der Waals surface area contributed by atoms with E-state index < -0.39 is 58.4 Å². The molecule has 6 bridgehead atoms. The molecule has 0 aliphatic carbocycles. The second kappa shape index (κ2) is 21.2. The van der Waals surface area contributed by atoms with Crippen LogP contribution < -0.4 is 10.7 Å². The Morgan fingerprint density at radius 2 is 1.81 bits per heavy atom. The van der Waals surface area contributed by atoms with E-state index in [-0.39, 0.29) is 57.2 Å². The number of carbonyl (C=O) groups is 5. The molecule has 4 saturated heterocycles. The Balaban J connectivity index is 1.03. The summed E-state index contributed by atoms with van der Waals surface area (Å²) in [7, 11) is 5.52. The van der Waals surface area contributed by atoms with Crippen LogP contribution in [0.3, 0.4) is 0 Å². The number of hydrazine groups is 1. The lowest BCUT2D eigenvalue weighted by Gasteiger charge is -2.36. The second-order valence-corrected chi connectivity index (χ2v) is 22.0. The first-order valence-electron chi connectivity index (χ1n) is 26.2. The predicted molar refractivity (Wildman–Crippen MR) is 279 cm³/mol. The molecule has 394 valence electrons. The van der Waals surface area contributed by atoms with Crippen molar-refractivity contribution in [3.63, 3.8) is 0 Å². The molecule has 6 atom stereocenters. The van der Waals surface area contributed by atoms with Gasteiger partial charge in [0.15, 0.2) is 5.60 Å². The fourth-order valence-corrected chi connectivity index (χ4v) is 11.4. The number of amides is 4. The van der Waals surface area contributed by atoms with Crippen LogP contribution in [0.15, 0.2) is 60.8 Å². The van der Waals surface area contributed by atoms with Crippen molar-refractivity contribution >= 4 is 40.5 Å². The molecule has 5 aliphatic heterocycles. The van der Waals surface area contributed by atoms with Crippen molar-refractivity contribution in [2.24, 2.45) is 11.3 Å². The van der Waals surface area contributed by atoms with Crippen LogP contribution in [0.5, 0.6) is 0 Å². The van der Waals surface area contributed by atoms with Gasteiger partial charge in [0.1, 0.15) is 30.4 Å². The van der Waals surface area contributed by atoms with Crippen LogP contribution in [0.2, 0.25) is 0 Å². The number of likely N-dealkylation sites (tertiary alicyclic amines) is 1. The number of ether oxygens (including phenoxy) is 4. The van der Waals surface area contributed by atoms with E-state index in [1.165, 1.54) is 9.91 Å². The molecule has 17 heteroatoms. The van der Waals surface area contributed by atoms with Gasteiger partial charge in [0.2, 0.25) is 5.91 Å². The molecule has 74 heavy (non-hydrogen) atoms. The quantitative estimate of drug-likeness (QED) is 0.164. The minimum absolute atomic E-state index is 0.00582. The highest BCUT2D eigenvalue weighted by Crippen LogP contribution is 2.42. The number of pyridine rings is 1. The molecular weight excluding hydrogens is 941 g/mol. The maximum Gasteiger partial charge on any atom is 0.324 e. The summed E-state index contributed by atoms with van der Waals surface area (Å²) in [5.41, 5.74) is 8.48. The van der Waals surface area contributed by atoms with Gasteiger partial charge in [-0.3, -0.25) is 38.9 Å². The van der Waals surface area contributed by atoms with Gasteiger partial charge in [-0.25, -0.2) is 5.43 Å². The number of aromatic nitrogens is 2. The molecule has 0 radical (unpaired) electrons. The zero-order valence-corrected chi connectivity index (χ0v) is 44.4. The van der Waals surface area contributed by atoms with Gasteiger partial charge >= 0.3 is 5.97 Å². The van der Waals surface area contributed by atoms with Crippen molar-refractivity contribution in [1.82, 2.24) is 40.0 Å². The number of carbonyl (C=O) groups excluding carboxylic acids is 5. The first kappa shape index (κ1) is 52.7. The van der Waals surface area contributed by atoms with E-state index in [0.717, 1.165) is 50.1 Å². The fourth-order valence-electron chi connectivity index (χ4n) is 11.4. The topological polar surface area (TPSA) is 177 Å². The lowest BCUT2D eigenvalue weighted by atomic mass is 9.84. The number of likely N-dealkylation sites (N-methyl/N-ethyl adjacent to an activating group) is 1. The molecule has 4 amide bonds. The Morgan fingerprint density at radius 3 is 2.54 bits per heavy atom. The summed E-state index contributed by atoms with van der Waals surface area (Å²) in [6.45, 7) is 14.2. The third kappa shape index (κ3) is 10.2. The summed E-state index contributed by atoms with van der Waals surface area (Å²) in [6.07, 6.45) is 4.14. The van der Waals surface area contributed by atoms with Crippen LogP contribution >= 0.6 is 0 Å². The third-order valence-corrected chi connectivity index (χ3v) is 15.8. The van der Waals surface area contributed by atoms with Crippen molar-refractivity contribution in [2.45, 2.75) is 122 Å². The van der Waals surface area contributed by atoms with Crippen LogP contribution in [0.4, 0.5) is 0 Å². The number of rotatable bonds is 9. The number of nitrogens with zero attached hydrogens (tertiary/aromatic N) is 6. The minimum atomic E-state index is -1.33. The molecule has 4 fully saturated rings. The van der Waals surface area contributed by atoms with Crippen molar-refractivity contribution in [1.29, 1.82) is 0 Å². The largest absolute Gasteiger partial charge is 0.464 e. The summed E-state index contributed by atoms with van der Waals surface area (Å²) >= 11 is 0. The third-order valence-electron chi connectivity index (χ3n) is 15.8. The van der Waals surface area contributed by atoms with E-state index in [9.17, 15) is 24.0 Å². The zero-order chi connectivity index (χ0) is 52.7. The highest BCUT2D eigenvalue weighted by Gasteiger charge is 2.56. The molecule has 9 rings (SSSR count). The van der Waals surface area contributed by atoms with Gasteiger partial charge in [0.25, 0.3) is 17.7 Å². The van der Waals surface area contributed by atoms with Gasteiger partial charge in [-0.2, -0.15) is 0 Å². The number of hydrogen-bond donors (Lipinski definition) is 2. The lowest BCUT2D eigenvalue weighted by molar-refractivity contribution is -0.155. The maximum absolute atomic E-state index is 14.9. The average Bonchev–Trinajstić information content (AvgIpc) is 4.20. The van der Waals surface area contributed by atoms with Crippen LogP contribution in [-0.4, -0.2) is 156 Å². The minimum Gasteiger partial charge on any atom is -0.464 e. The molecule has 4 aromatic rings. The van der Waals surface area contributed by atoms with Crippen molar-refractivity contribution in [2.75, 3.05) is 67.4 Å². The standard InChI is InChI=1S/C57H72N8O9/c1-10-63-46-19-18-40-30-42(46)43(50(63)41-16-12-24-58-48(41)37(4)71-9)31-55(5,6)33-73-53(69)44-17-13-25-65(60-44)52(68)45(29-38-14-11-15-39(40)28-38)59-51(67)49(36(2)3)64-35-74-57(54(64)70)22-26-62(32-57)47(66)20-21-56(61(7)8)23-27-72-34-56/h11-12,14-16,18-19,24,28,30,36-37,44-45,49,60H,10,13,17,22-23,25-27,29,31-35H2,1-9H3,(H,59,67)/t37-,44-,45-,49?,56-,57-/m0/s1. The van der Waals surface area contributed by atoms with E-state index >= 15 is 0 Å². The summed E-state index contributed by atoms with van der Waals surface area (Å²) in [5, 5.41) is 5.58. The van der Waals surface area contributed by atoms with Gasteiger partial charge in [0.05, 0.1) is 37.3 Å². The number of methoxy groups -OCH3 is 1. The smallest absolute Gasteiger partial charge is 0.324 e. The number of nitrogens with one attached hydrogen (secondary N) is 2. The van der Waals surface area contributed by atoms with Gasteiger partial charge in [0, 0.05) is 80.7 Å². The molecule has 1 unspecified atom stereocenters. The van der Waals surface area contributed by atoms with Crippen molar-refractivity contribution in [3.8, 4) is 34.2 Å². The molecule has 7 heterocycles. The van der Waals surface area contributed by atoms with E-state index in [1.807, 2.05) is 64.0 Å². The number of esters is 1. The summed E-state index contributed by atoms with van der Waals surface area (Å²) in [4.78, 5) is 81.6. The van der Waals surface area contributed by atoms with Gasteiger partial charge < -0.3 is 38.6 Å².